The summed E-state index contributed by atoms with van der Waals surface area (Å²) in [6.45, 7) is 0.949. The molecule has 0 bridgehead atoms. The lowest BCUT2D eigenvalue weighted by molar-refractivity contribution is 0.0993. The summed E-state index contributed by atoms with van der Waals surface area (Å²) in [4.78, 5) is 21.0. The molecule has 5 N–H and O–H groups in total. The van der Waals surface area contributed by atoms with Crippen molar-refractivity contribution in [2.45, 2.75) is 19.4 Å². The third-order valence-corrected chi connectivity index (χ3v) is 5.39. The van der Waals surface area contributed by atoms with Crippen molar-refractivity contribution in [1.82, 2.24) is 24.8 Å². The largest absolute Gasteiger partial charge is 0.488 e. The first-order valence-corrected chi connectivity index (χ1v) is 10.4. The maximum absolute atomic E-state index is 11.7. The van der Waals surface area contributed by atoms with E-state index in [9.17, 15) is 14.8 Å². The highest BCUT2D eigenvalue weighted by molar-refractivity contribution is 6.58. The molecule has 4 heterocycles. The smallest absolute Gasteiger partial charge is 0.477 e. The first kappa shape index (κ1) is 20.9. The lowest BCUT2D eigenvalue weighted by Gasteiger charge is -2.20. The van der Waals surface area contributed by atoms with Gasteiger partial charge in [-0.05, 0) is 36.0 Å². The van der Waals surface area contributed by atoms with Gasteiger partial charge in [0.15, 0.2) is 11.5 Å². The lowest BCUT2D eigenvalue weighted by atomic mass is 9.79. The number of nitrogens with one attached hydrogen (secondary N) is 1. The fraction of sp³-hybridized carbons (Fsp3) is 0.190. The van der Waals surface area contributed by atoms with Crippen molar-refractivity contribution in [1.29, 1.82) is 0 Å². The van der Waals surface area contributed by atoms with Gasteiger partial charge in [0.1, 0.15) is 11.5 Å². The normalized spacial score (nSPS) is 12.8. The number of carbonyl (C=O) groups is 1. The lowest BCUT2D eigenvalue weighted by Crippen LogP contribution is -2.30. The molecule has 12 heteroatoms. The van der Waals surface area contributed by atoms with Crippen molar-refractivity contribution < 1.29 is 19.6 Å². The molecule has 4 aromatic rings. The van der Waals surface area contributed by atoms with Crippen molar-refractivity contribution >= 4 is 29.8 Å². The number of carbonyl (C=O) groups excluding carboxylic acids is 1. The predicted octanol–water partition coefficient (Wildman–Crippen LogP) is -0.0979. The summed E-state index contributed by atoms with van der Waals surface area (Å²) >= 11 is 0. The van der Waals surface area contributed by atoms with Crippen LogP contribution in [0.4, 0.5) is 5.82 Å². The van der Waals surface area contributed by atoms with Gasteiger partial charge in [0.2, 0.25) is 5.88 Å². The van der Waals surface area contributed by atoms with Crippen LogP contribution in [-0.4, -0.2) is 54.5 Å². The van der Waals surface area contributed by atoms with Gasteiger partial charge in [-0.25, -0.2) is 9.50 Å². The molecule has 0 saturated carbocycles. The van der Waals surface area contributed by atoms with Crippen molar-refractivity contribution in [3.8, 4) is 17.4 Å². The van der Waals surface area contributed by atoms with Crippen LogP contribution in [0, 0.1) is 0 Å². The van der Waals surface area contributed by atoms with Gasteiger partial charge in [-0.3, -0.25) is 4.79 Å². The number of ether oxygens (including phenoxy) is 1. The molecule has 1 aliphatic rings. The number of hydrogen-bond donors (Lipinski definition) is 4. The number of fused-ring (bicyclic) bond motifs is 2. The summed E-state index contributed by atoms with van der Waals surface area (Å²) in [5, 5.41) is 30.4. The predicted molar refractivity (Wildman–Crippen MR) is 120 cm³/mol. The van der Waals surface area contributed by atoms with Gasteiger partial charge in [-0.15, -0.1) is 5.10 Å². The molecule has 0 aliphatic carbocycles. The van der Waals surface area contributed by atoms with Crippen molar-refractivity contribution in [3.63, 3.8) is 0 Å². The van der Waals surface area contributed by atoms with E-state index in [0.29, 0.717) is 47.3 Å². The van der Waals surface area contributed by atoms with E-state index in [1.165, 1.54) is 4.52 Å². The fourth-order valence-electron chi connectivity index (χ4n) is 3.79. The van der Waals surface area contributed by atoms with Crippen LogP contribution in [0.5, 0.6) is 5.88 Å². The maximum atomic E-state index is 11.7. The summed E-state index contributed by atoms with van der Waals surface area (Å²) in [5.74, 6) is 0.746. The summed E-state index contributed by atoms with van der Waals surface area (Å²) < 4.78 is 7.15. The second kappa shape index (κ2) is 8.49. The summed E-state index contributed by atoms with van der Waals surface area (Å²) in [6, 6.07) is 12.0. The van der Waals surface area contributed by atoms with Gasteiger partial charge in [-0.2, -0.15) is 4.98 Å². The molecule has 1 aliphatic heterocycles. The zero-order valence-corrected chi connectivity index (χ0v) is 17.5. The Hall–Kier alpha value is -4.03. The van der Waals surface area contributed by atoms with E-state index in [2.05, 4.69) is 20.6 Å². The van der Waals surface area contributed by atoms with Crippen LogP contribution in [0.25, 0.3) is 17.0 Å². The number of pyridine rings is 1. The Balaban J connectivity index is 1.54. The Bertz CT molecular complexity index is 1360. The highest BCUT2D eigenvalue weighted by atomic mass is 16.5. The average molecular weight is 445 g/mol. The molecule has 1 aromatic carbocycles. The van der Waals surface area contributed by atoms with E-state index in [1.807, 2.05) is 6.07 Å². The monoisotopic (exact) mass is 445 g/mol. The summed E-state index contributed by atoms with van der Waals surface area (Å²) in [6.07, 6.45) is 1.59. The molecule has 5 rings (SSSR count). The molecule has 0 saturated heterocycles. The number of primary amides is 1. The van der Waals surface area contributed by atoms with Gasteiger partial charge < -0.3 is 25.8 Å². The molecule has 0 fully saturated rings. The molecule has 1 amide bonds. The van der Waals surface area contributed by atoms with Crippen LogP contribution in [0.3, 0.4) is 0 Å². The highest BCUT2D eigenvalue weighted by Crippen LogP contribution is 2.32. The third kappa shape index (κ3) is 3.97. The average Bonchev–Trinajstić information content (AvgIpc) is 3.26. The zero-order chi connectivity index (χ0) is 22.9. The maximum Gasteiger partial charge on any atom is 0.488 e. The molecular formula is C21H20BN7O4. The topological polar surface area (TPSA) is 161 Å². The number of aromatic nitrogens is 5. The molecule has 11 nitrogen and oxygen atoms in total. The number of anilines is 1. The van der Waals surface area contributed by atoms with Gasteiger partial charge in [0.25, 0.3) is 5.91 Å². The molecule has 166 valence electrons. The molecule has 0 atom stereocenters. The number of nitrogens with two attached hydrogens (primary N) is 1. The Morgan fingerprint density at radius 2 is 2.06 bits per heavy atom. The van der Waals surface area contributed by atoms with Crippen LogP contribution in [0.2, 0.25) is 0 Å². The number of amides is 1. The van der Waals surface area contributed by atoms with E-state index < -0.39 is 13.0 Å². The van der Waals surface area contributed by atoms with E-state index in [4.69, 9.17) is 15.5 Å². The van der Waals surface area contributed by atoms with Crippen LogP contribution in [-0.2, 0) is 13.0 Å². The minimum Gasteiger partial charge on any atom is -0.477 e. The second-order valence-electron chi connectivity index (χ2n) is 7.61. The number of benzene rings is 1. The van der Waals surface area contributed by atoms with Crippen LogP contribution in [0.15, 0.2) is 42.5 Å². The van der Waals surface area contributed by atoms with E-state index in [-0.39, 0.29) is 5.69 Å². The Morgan fingerprint density at radius 1 is 1.21 bits per heavy atom. The molecule has 33 heavy (non-hydrogen) atoms. The Labute approximate surface area is 188 Å². The zero-order valence-electron chi connectivity index (χ0n) is 17.5. The Kier molecular flexibility index (Phi) is 5.36. The van der Waals surface area contributed by atoms with Crippen LogP contribution < -0.4 is 21.3 Å². The quantitative estimate of drug-likeness (QED) is 0.297. The van der Waals surface area contributed by atoms with Gasteiger partial charge in [-0.1, -0.05) is 35.5 Å². The van der Waals surface area contributed by atoms with Gasteiger partial charge >= 0.3 is 7.12 Å². The Morgan fingerprint density at radius 3 is 2.88 bits per heavy atom. The first-order valence-electron chi connectivity index (χ1n) is 10.4. The minimum absolute atomic E-state index is 0.199. The third-order valence-electron chi connectivity index (χ3n) is 5.39. The SMILES string of the molecule is NC(=O)c1cccc2c(-c3nc(NCc4cccc(B(O)O)c4)c4c(n3)OCCC4)nnn12. The molecule has 0 unspecified atom stereocenters. The molecular weight excluding hydrogens is 425 g/mol. The number of hydrogen-bond acceptors (Lipinski definition) is 9. The van der Waals surface area contributed by atoms with Gasteiger partial charge in [0, 0.05) is 6.54 Å². The first-order chi connectivity index (χ1) is 16.0. The van der Waals surface area contributed by atoms with Gasteiger partial charge in [0.05, 0.1) is 17.7 Å². The van der Waals surface area contributed by atoms with Crippen molar-refractivity contribution in [2.75, 3.05) is 11.9 Å². The van der Waals surface area contributed by atoms with E-state index in [0.717, 1.165) is 24.0 Å². The molecule has 3 aromatic heterocycles. The molecule has 0 radical (unpaired) electrons. The van der Waals surface area contributed by atoms with E-state index in [1.54, 1.807) is 36.4 Å². The van der Waals surface area contributed by atoms with Crippen molar-refractivity contribution in [3.05, 3.63) is 59.3 Å². The van der Waals surface area contributed by atoms with E-state index >= 15 is 0 Å². The summed E-state index contributed by atoms with van der Waals surface area (Å²) in [5.41, 5.74) is 8.70. The minimum atomic E-state index is -1.54. The number of nitrogens with zero attached hydrogens (tertiary/aromatic N) is 5. The fourth-order valence-corrected chi connectivity index (χ4v) is 3.79. The number of rotatable bonds is 6. The van der Waals surface area contributed by atoms with Crippen LogP contribution >= 0.6 is 0 Å². The summed E-state index contributed by atoms with van der Waals surface area (Å²) in [7, 11) is -1.54. The van der Waals surface area contributed by atoms with Crippen LogP contribution in [0.1, 0.15) is 28.0 Å². The molecule has 0 spiro atoms. The standard InChI is InChI=1S/C21H20BN7O4/c23-18(30)16-8-2-7-15-17(27-28-29(15)16)20-25-19(14-6-3-9-33-21(14)26-20)24-11-12-4-1-5-13(10-12)22(31)32/h1-2,4-5,7-8,10,31-32H,3,6,9,11H2,(H2,23,30)(H,24,25,26). The highest BCUT2D eigenvalue weighted by Gasteiger charge is 2.23. The second-order valence-corrected chi connectivity index (χ2v) is 7.61. The van der Waals surface area contributed by atoms with Crippen molar-refractivity contribution in [2.24, 2.45) is 5.73 Å².